The number of hydrogen-bond donors (Lipinski definition) is 0. The van der Waals surface area contributed by atoms with Crippen LogP contribution < -0.4 is 9.47 Å². The van der Waals surface area contributed by atoms with Crippen molar-refractivity contribution in [1.29, 1.82) is 0 Å². The molecule has 26 heavy (non-hydrogen) atoms. The van der Waals surface area contributed by atoms with Crippen LogP contribution in [-0.4, -0.2) is 47.4 Å². The summed E-state index contributed by atoms with van der Waals surface area (Å²) >= 11 is 0. The summed E-state index contributed by atoms with van der Waals surface area (Å²) in [6.45, 7) is 6.34. The number of nitrogens with zero attached hydrogens (tertiary/aromatic N) is 3. The zero-order valence-corrected chi connectivity index (χ0v) is 15.4. The van der Waals surface area contributed by atoms with Crippen LogP contribution in [0.5, 0.6) is 11.6 Å². The van der Waals surface area contributed by atoms with Gasteiger partial charge in [0, 0.05) is 17.7 Å². The van der Waals surface area contributed by atoms with Crippen molar-refractivity contribution in [3.8, 4) is 22.9 Å². The third-order valence-electron chi connectivity index (χ3n) is 5.75. The smallest absolute Gasteiger partial charge is 0.233 e. The van der Waals surface area contributed by atoms with E-state index in [1.165, 1.54) is 18.9 Å². The Morgan fingerprint density at radius 1 is 1.15 bits per heavy atom. The second-order valence-corrected chi connectivity index (χ2v) is 7.25. The van der Waals surface area contributed by atoms with Crippen LogP contribution in [0, 0.1) is 18.7 Å². The van der Waals surface area contributed by atoms with Gasteiger partial charge in [0.2, 0.25) is 5.88 Å². The van der Waals surface area contributed by atoms with E-state index in [1.54, 1.807) is 25.3 Å². The highest BCUT2D eigenvalue weighted by Gasteiger charge is 2.41. The molecule has 0 N–H and O–H groups in total. The number of benzene rings is 1. The summed E-state index contributed by atoms with van der Waals surface area (Å²) in [5.41, 5.74) is 1.59. The number of halogens is 1. The van der Waals surface area contributed by atoms with Crippen LogP contribution in [0.25, 0.3) is 11.3 Å². The lowest BCUT2D eigenvalue weighted by Gasteiger charge is -2.48. The summed E-state index contributed by atoms with van der Waals surface area (Å²) in [7, 11) is 1.57. The van der Waals surface area contributed by atoms with E-state index in [-0.39, 0.29) is 11.9 Å². The van der Waals surface area contributed by atoms with E-state index < -0.39 is 0 Å². The van der Waals surface area contributed by atoms with Crippen LogP contribution in [0.15, 0.2) is 24.3 Å². The Kier molecular flexibility index (Phi) is 4.53. The number of methoxy groups -OCH3 is 1. The number of hydrogen-bond acceptors (Lipinski definition) is 5. The van der Waals surface area contributed by atoms with Crippen LogP contribution in [0.2, 0.25) is 0 Å². The van der Waals surface area contributed by atoms with Crippen molar-refractivity contribution in [2.45, 2.75) is 38.8 Å². The van der Waals surface area contributed by atoms with Crippen molar-refractivity contribution >= 4 is 0 Å². The molecule has 3 aliphatic heterocycles. The highest BCUT2D eigenvalue weighted by Crippen LogP contribution is 2.35. The van der Waals surface area contributed by atoms with Crippen LogP contribution in [0.1, 0.15) is 25.3 Å². The first-order chi connectivity index (χ1) is 12.6. The first kappa shape index (κ1) is 17.2. The molecule has 0 amide bonds. The average Bonchev–Trinajstić information content (AvgIpc) is 2.66. The maximum Gasteiger partial charge on any atom is 0.233 e. The predicted molar refractivity (Wildman–Crippen MR) is 96.9 cm³/mol. The van der Waals surface area contributed by atoms with Crippen molar-refractivity contribution < 1.29 is 13.9 Å². The van der Waals surface area contributed by atoms with E-state index in [2.05, 4.69) is 22.0 Å². The van der Waals surface area contributed by atoms with Gasteiger partial charge in [0.1, 0.15) is 17.7 Å². The Labute approximate surface area is 153 Å². The zero-order chi connectivity index (χ0) is 18.3. The normalized spacial score (nSPS) is 27.4. The van der Waals surface area contributed by atoms with Crippen molar-refractivity contribution in [2.24, 2.45) is 5.92 Å². The maximum absolute atomic E-state index is 14.3. The standard InChI is InChI=1S/C20H24FN3O2/c1-12-10-16(21)15(11-18(12)25-3)17-4-5-19(23-22-17)26-20-13(2)24-8-6-14(20)7-9-24/h4-5,10-11,13-14,20H,6-9H2,1-3H3. The maximum atomic E-state index is 14.3. The predicted octanol–water partition coefficient (Wildman–Crippen LogP) is 3.46. The van der Waals surface area contributed by atoms with Gasteiger partial charge in [-0.05, 0) is 69.5 Å². The SMILES string of the molecule is COc1cc(-c2ccc(OC3C4CCN(CC4)C3C)nn2)c(F)cc1C. The number of aryl methyl sites for hydroxylation is 1. The summed E-state index contributed by atoms with van der Waals surface area (Å²) < 4.78 is 25.8. The first-order valence-electron chi connectivity index (χ1n) is 9.15. The van der Waals surface area contributed by atoms with E-state index in [0.717, 1.165) is 18.7 Å². The van der Waals surface area contributed by atoms with Crippen LogP contribution >= 0.6 is 0 Å². The molecule has 3 aliphatic rings. The summed E-state index contributed by atoms with van der Waals surface area (Å²) in [6, 6.07) is 7.03. The lowest BCUT2D eigenvalue weighted by atomic mass is 9.81. The number of aromatic nitrogens is 2. The van der Waals surface area contributed by atoms with E-state index in [1.807, 2.05) is 6.92 Å². The average molecular weight is 357 g/mol. The fraction of sp³-hybridized carbons (Fsp3) is 0.500. The third kappa shape index (κ3) is 3.03. The van der Waals surface area contributed by atoms with Gasteiger partial charge in [0.05, 0.1) is 12.8 Å². The topological polar surface area (TPSA) is 47.5 Å². The molecule has 138 valence electrons. The lowest BCUT2D eigenvalue weighted by molar-refractivity contribution is -0.0528. The van der Waals surface area contributed by atoms with E-state index in [0.29, 0.717) is 34.8 Å². The van der Waals surface area contributed by atoms with Gasteiger partial charge in [-0.1, -0.05) is 0 Å². The molecule has 0 radical (unpaired) electrons. The fourth-order valence-corrected chi connectivity index (χ4v) is 4.19. The Hall–Kier alpha value is -2.21. The fourth-order valence-electron chi connectivity index (χ4n) is 4.19. The molecule has 0 saturated carbocycles. The second kappa shape index (κ2) is 6.83. The molecule has 2 bridgehead atoms. The highest BCUT2D eigenvalue weighted by atomic mass is 19.1. The molecule has 0 aliphatic carbocycles. The Morgan fingerprint density at radius 2 is 1.92 bits per heavy atom. The number of fused-ring (bicyclic) bond motifs is 3. The summed E-state index contributed by atoms with van der Waals surface area (Å²) in [4.78, 5) is 2.47. The molecule has 0 spiro atoms. The number of rotatable bonds is 4. The molecule has 1 aromatic carbocycles. The molecule has 4 heterocycles. The zero-order valence-electron chi connectivity index (χ0n) is 15.4. The minimum Gasteiger partial charge on any atom is -0.496 e. The van der Waals surface area contributed by atoms with Gasteiger partial charge in [0.25, 0.3) is 0 Å². The molecule has 5 rings (SSSR count). The largest absolute Gasteiger partial charge is 0.496 e. The Bertz CT molecular complexity index is 786. The van der Waals surface area contributed by atoms with E-state index >= 15 is 0 Å². The molecule has 3 fully saturated rings. The van der Waals surface area contributed by atoms with Crippen LogP contribution in [0.3, 0.4) is 0 Å². The van der Waals surface area contributed by atoms with Crippen molar-refractivity contribution in [1.82, 2.24) is 15.1 Å². The third-order valence-corrected chi connectivity index (χ3v) is 5.75. The van der Waals surface area contributed by atoms with Crippen molar-refractivity contribution in [3.05, 3.63) is 35.6 Å². The Morgan fingerprint density at radius 3 is 2.54 bits per heavy atom. The van der Waals surface area contributed by atoms with Gasteiger partial charge < -0.3 is 9.47 Å². The quantitative estimate of drug-likeness (QED) is 0.839. The van der Waals surface area contributed by atoms with Crippen LogP contribution in [0.4, 0.5) is 4.39 Å². The summed E-state index contributed by atoms with van der Waals surface area (Å²) in [5.74, 6) is 1.37. The number of ether oxygens (including phenoxy) is 2. The van der Waals surface area contributed by atoms with Crippen molar-refractivity contribution in [2.75, 3.05) is 20.2 Å². The molecule has 2 aromatic rings. The lowest BCUT2D eigenvalue weighted by Crippen LogP contribution is -2.58. The molecule has 3 saturated heterocycles. The Balaban J connectivity index is 1.54. The molecular weight excluding hydrogens is 333 g/mol. The minimum atomic E-state index is -0.336. The van der Waals surface area contributed by atoms with Gasteiger partial charge in [-0.25, -0.2) is 4.39 Å². The van der Waals surface area contributed by atoms with Gasteiger partial charge >= 0.3 is 0 Å². The monoisotopic (exact) mass is 357 g/mol. The molecule has 1 aromatic heterocycles. The van der Waals surface area contributed by atoms with Gasteiger partial charge in [-0.3, -0.25) is 4.90 Å². The summed E-state index contributed by atoms with van der Waals surface area (Å²) in [6.07, 6.45) is 2.50. The molecule has 6 heteroatoms. The molecular formula is C20H24FN3O2. The number of piperidine rings is 3. The summed E-state index contributed by atoms with van der Waals surface area (Å²) in [5, 5.41) is 8.37. The van der Waals surface area contributed by atoms with E-state index in [9.17, 15) is 4.39 Å². The van der Waals surface area contributed by atoms with Gasteiger partial charge in [-0.2, -0.15) is 0 Å². The highest BCUT2D eigenvalue weighted by molar-refractivity contribution is 5.63. The van der Waals surface area contributed by atoms with Crippen molar-refractivity contribution in [3.63, 3.8) is 0 Å². The van der Waals surface area contributed by atoms with Gasteiger partial charge in [0.15, 0.2) is 0 Å². The molecule has 5 nitrogen and oxygen atoms in total. The first-order valence-corrected chi connectivity index (χ1v) is 9.15. The van der Waals surface area contributed by atoms with Crippen LogP contribution in [-0.2, 0) is 0 Å². The minimum absolute atomic E-state index is 0.147. The molecule has 2 atom stereocenters. The van der Waals surface area contributed by atoms with Gasteiger partial charge in [-0.15, -0.1) is 10.2 Å². The second-order valence-electron chi connectivity index (χ2n) is 7.25. The van der Waals surface area contributed by atoms with E-state index in [4.69, 9.17) is 9.47 Å². The molecule has 2 unspecified atom stereocenters.